The molecule has 2 fully saturated rings. The molecule has 1 amide bonds. The number of ether oxygens (including phenoxy) is 1. The van der Waals surface area contributed by atoms with Crippen molar-refractivity contribution in [2.45, 2.75) is 82.3 Å². The first kappa shape index (κ1) is 35.4. The molecular formula is C34H39F6N5O3S. The number of halogens is 6. The summed E-state index contributed by atoms with van der Waals surface area (Å²) in [6.45, 7) is 9.80. The fraction of sp³-hybridized carbons (Fsp3) is 0.559. The Morgan fingerprint density at radius 3 is 2.33 bits per heavy atom. The summed E-state index contributed by atoms with van der Waals surface area (Å²) < 4.78 is 91.7. The molecule has 6 rings (SSSR count). The van der Waals surface area contributed by atoms with E-state index < -0.39 is 59.5 Å². The number of carbonyl (C=O) groups is 1. The van der Waals surface area contributed by atoms with E-state index in [1.807, 2.05) is 6.92 Å². The number of hydrogen-bond acceptors (Lipinski definition) is 7. The molecular weight excluding hydrogens is 672 g/mol. The van der Waals surface area contributed by atoms with Gasteiger partial charge in [-0.15, -0.1) is 11.8 Å². The molecule has 2 aromatic carbocycles. The Kier molecular flexibility index (Phi) is 9.40. The largest absolute Gasteiger partial charge is 0.444 e. The Hall–Kier alpha value is -3.46. The Morgan fingerprint density at radius 1 is 1.04 bits per heavy atom. The van der Waals surface area contributed by atoms with E-state index in [1.54, 1.807) is 42.4 Å². The van der Waals surface area contributed by atoms with E-state index in [2.05, 4.69) is 4.98 Å². The van der Waals surface area contributed by atoms with Gasteiger partial charge in [0, 0.05) is 65.9 Å². The number of benzene rings is 2. The van der Waals surface area contributed by atoms with E-state index in [0.29, 0.717) is 25.0 Å². The van der Waals surface area contributed by atoms with E-state index in [4.69, 9.17) is 4.74 Å². The number of nitrogens with zero attached hydrogens (tertiary/aromatic N) is 5. The number of alkyl halides is 5. The fourth-order valence-electron chi connectivity index (χ4n) is 7.16. The predicted octanol–water partition coefficient (Wildman–Crippen LogP) is 7.29. The van der Waals surface area contributed by atoms with E-state index in [0.717, 1.165) is 18.2 Å². The molecule has 3 aliphatic heterocycles. The number of anilines is 1. The highest BCUT2D eigenvalue weighted by molar-refractivity contribution is 7.99. The normalized spacial score (nSPS) is 22.2. The standard InChI is InChI=1S/C34H39F6N5O3S/c1-18-13-44(32(47)48-33(3,4)5)19(2)12-43(18)30-24-11-25(34(38,39)40)27(21-6-8-22(35)9-7-21)29-28(24)45(31(46)41-30)23(17-49-29)10-20-14-42(15-20)16-26(36)37/h6-9,11,18-20,23,26H,10,12-17H2,1-5H3/t18-,19-,23-/m0/s1. The molecule has 0 spiro atoms. The number of amides is 1. The van der Waals surface area contributed by atoms with Gasteiger partial charge in [0.2, 0.25) is 0 Å². The van der Waals surface area contributed by atoms with Crippen LogP contribution in [0.1, 0.15) is 52.6 Å². The lowest BCUT2D eigenvalue weighted by molar-refractivity contribution is -0.137. The molecule has 15 heteroatoms. The molecule has 266 valence electrons. The minimum absolute atomic E-state index is 0.0281. The van der Waals surface area contributed by atoms with Crippen molar-refractivity contribution in [3.8, 4) is 11.1 Å². The molecule has 0 saturated carbocycles. The van der Waals surface area contributed by atoms with Crippen LogP contribution >= 0.6 is 11.8 Å². The van der Waals surface area contributed by atoms with E-state index in [1.165, 1.54) is 28.5 Å². The molecule has 0 bridgehead atoms. The highest BCUT2D eigenvalue weighted by Gasteiger charge is 2.42. The fourth-order valence-corrected chi connectivity index (χ4v) is 8.52. The summed E-state index contributed by atoms with van der Waals surface area (Å²) in [6.07, 6.45) is -7.31. The third-order valence-electron chi connectivity index (χ3n) is 9.29. The number of likely N-dealkylation sites (tertiary alicyclic amines) is 1. The summed E-state index contributed by atoms with van der Waals surface area (Å²) in [5.41, 5.74) is -1.97. The van der Waals surface area contributed by atoms with Crippen molar-refractivity contribution in [2.75, 3.05) is 43.4 Å². The highest BCUT2D eigenvalue weighted by Crippen LogP contribution is 2.51. The molecule has 0 N–H and O–H groups in total. The Labute approximate surface area is 284 Å². The van der Waals surface area contributed by atoms with Gasteiger partial charge in [0.1, 0.15) is 17.2 Å². The summed E-state index contributed by atoms with van der Waals surface area (Å²) in [5.74, 6) is -0.214. The van der Waals surface area contributed by atoms with Gasteiger partial charge >= 0.3 is 18.0 Å². The number of thioether (sulfide) groups is 1. The van der Waals surface area contributed by atoms with Crippen molar-refractivity contribution in [3.05, 3.63) is 52.2 Å². The van der Waals surface area contributed by atoms with Gasteiger partial charge in [-0.25, -0.2) is 22.8 Å². The van der Waals surface area contributed by atoms with Gasteiger partial charge in [-0.05, 0) is 70.7 Å². The number of carbonyl (C=O) groups excluding carboxylic acids is 1. The van der Waals surface area contributed by atoms with Crippen LogP contribution in [0.3, 0.4) is 0 Å². The number of piperazine rings is 1. The third kappa shape index (κ3) is 7.10. The lowest BCUT2D eigenvalue weighted by Crippen LogP contribution is -2.59. The number of aromatic nitrogens is 2. The minimum atomic E-state index is -4.81. The zero-order chi connectivity index (χ0) is 35.6. The monoisotopic (exact) mass is 711 g/mol. The highest BCUT2D eigenvalue weighted by atomic mass is 32.2. The quantitative estimate of drug-likeness (QED) is 0.249. The van der Waals surface area contributed by atoms with Gasteiger partial charge in [-0.2, -0.15) is 18.2 Å². The zero-order valence-electron chi connectivity index (χ0n) is 27.9. The second-order valence-corrected chi connectivity index (χ2v) is 15.3. The van der Waals surface area contributed by atoms with Crippen molar-refractivity contribution >= 4 is 34.6 Å². The van der Waals surface area contributed by atoms with Crippen LogP contribution in [0.5, 0.6) is 0 Å². The van der Waals surface area contributed by atoms with Gasteiger partial charge in [-0.1, -0.05) is 12.1 Å². The van der Waals surface area contributed by atoms with Crippen LogP contribution in [-0.2, 0) is 10.9 Å². The smallest absolute Gasteiger partial charge is 0.417 e. The van der Waals surface area contributed by atoms with Gasteiger partial charge in [0.05, 0.1) is 17.6 Å². The molecule has 3 aliphatic rings. The topological polar surface area (TPSA) is 70.9 Å². The molecule has 0 radical (unpaired) electrons. The summed E-state index contributed by atoms with van der Waals surface area (Å²) in [7, 11) is 0. The zero-order valence-corrected chi connectivity index (χ0v) is 28.7. The van der Waals surface area contributed by atoms with Crippen molar-refractivity contribution in [1.82, 2.24) is 19.4 Å². The molecule has 0 aliphatic carbocycles. The van der Waals surface area contributed by atoms with Gasteiger partial charge < -0.3 is 14.5 Å². The van der Waals surface area contributed by atoms with Crippen molar-refractivity contribution in [2.24, 2.45) is 5.92 Å². The summed E-state index contributed by atoms with van der Waals surface area (Å²) >= 11 is 1.21. The Balaban J connectivity index is 1.49. The summed E-state index contributed by atoms with van der Waals surface area (Å²) in [5, 5.41) is 0.141. The Morgan fingerprint density at radius 2 is 1.71 bits per heavy atom. The SMILES string of the molecule is C[C@H]1CN(c2nc(=O)n3c4c(c(-c5ccc(F)cc5)c(C(F)(F)F)cc24)SC[C@@H]3CC2CN(CC(F)F)C2)[C@@H](C)CN1C(=O)OC(C)(C)C. The minimum Gasteiger partial charge on any atom is -0.444 e. The van der Waals surface area contributed by atoms with Gasteiger partial charge in [0.25, 0.3) is 6.43 Å². The van der Waals surface area contributed by atoms with Crippen molar-refractivity contribution in [3.63, 3.8) is 0 Å². The maximum atomic E-state index is 15.0. The van der Waals surface area contributed by atoms with Crippen molar-refractivity contribution in [1.29, 1.82) is 0 Å². The number of hydrogen-bond donors (Lipinski definition) is 0. The van der Waals surface area contributed by atoms with Crippen LogP contribution in [0.2, 0.25) is 0 Å². The first-order valence-electron chi connectivity index (χ1n) is 16.3. The first-order valence-corrected chi connectivity index (χ1v) is 17.3. The van der Waals surface area contributed by atoms with Crippen LogP contribution in [0.15, 0.2) is 40.0 Å². The molecule has 8 nitrogen and oxygen atoms in total. The van der Waals surface area contributed by atoms with Crippen molar-refractivity contribution < 1.29 is 35.9 Å². The third-order valence-corrected chi connectivity index (χ3v) is 10.5. The molecule has 0 unspecified atom stereocenters. The molecule has 4 heterocycles. The van der Waals surface area contributed by atoms with Crippen LogP contribution < -0.4 is 10.6 Å². The Bertz CT molecular complexity index is 1790. The summed E-state index contributed by atoms with van der Waals surface area (Å²) in [4.78, 5) is 36.7. The predicted molar refractivity (Wildman–Crippen MR) is 176 cm³/mol. The van der Waals surface area contributed by atoms with E-state index in [-0.39, 0.29) is 58.5 Å². The lowest BCUT2D eigenvalue weighted by atomic mass is 9.91. The molecule has 1 aromatic heterocycles. The average molecular weight is 712 g/mol. The van der Waals surface area contributed by atoms with Crippen LogP contribution in [0.4, 0.5) is 37.0 Å². The average Bonchev–Trinajstić information content (AvgIpc) is 2.97. The second kappa shape index (κ2) is 13.0. The number of rotatable bonds is 6. The van der Waals surface area contributed by atoms with Crippen LogP contribution in [0.25, 0.3) is 22.0 Å². The summed E-state index contributed by atoms with van der Waals surface area (Å²) in [6, 6.07) is 4.53. The van der Waals surface area contributed by atoms with E-state index >= 15 is 0 Å². The lowest BCUT2D eigenvalue weighted by Gasteiger charge is -2.45. The maximum Gasteiger partial charge on any atom is 0.417 e. The van der Waals surface area contributed by atoms with Crippen LogP contribution in [0, 0.1) is 11.7 Å². The van der Waals surface area contributed by atoms with Crippen LogP contribution in [-0.4, -0.2) is 88.0 Å². The second-order valence-electron chi connectivity index (χ2n) is 14.3. The molecule has 3 aromatic rings. The molecule has 2 saturated heterocycles. The van der Waals surface area contributed by atoms with E-state index in [9.17, 15) is 35.9 Å². The maximum absolute atomic E-state index is 15.0. The molecule has 3 atom stereocenters. The first-order chi connectivity index (χ1) is 22.9. The van der Waals surface area contributed by atoms with Gasteiger partial charge in [0.15, 0.2) is 0 Å². The molecule has 49 heavy (non-hydrogen) atoms. The van der Waals surface area contributed by atoms with Gasteiger partial charge in [-0.3, -0.25) is 9.47 Å².